The van der Waals surface area contributed by atoms with Crippen LogP contribution in [-0.4, -0.2) is 20.8 Å². The van der Waals surface area contributed by atoms with Gasteiger partial charge in [0.05, 0.1) is 14.2 Å². The minimum Gasteiger partial charge on any atom is -0.497 e. The van der Waals surface area contributed by atoms with Crippen LogP contribution in [0.4, 0.5) is 0 Å². The van der Waals surface area contributed by atoms with E-state index in [4.69, 9.17) is 9.47 Å². The predicted octanol–water partition coefficient (Wildman–Crippen LogP) is 3.60. The highest BCUT2D eigenvalue weighted by atomic mass is 16.5. The van der Waals surface area contributed by atoms with Crippen LogP contribution in [0.5, 0.6) is 11.5 Å². The number of rotatable bonds is 7. The summed E-state index contributed by atoms with van der Waals surface area (Å²) < 4.78 is 10.7. The Bertz CT molecular complexity index is 554. The molecule has 0 aromatic heterocycles. The summed E-state index contributed by atoms with van der Waals surface area (Å²) in [7, 11) is 3.38. The molecule has 3 nitrogen and oxygen atoms in total. The molecule has 112 valence electrons. The molecule has 21 heavy (non-hydrogen) atoms. The van der Waals surface area contributed by atoms with E-state index in [1.54, 1.807) is 14.2 Å². The van der Waals surface area contributed by atoms with Crippen molar-refractivity contribution < 1.29 is 9.47 Å². The number of ether oxygens (including phenoxy) is 2. The average Bonchev–Trinajstić information content (AvgIpc) is 2.55. The van der Waals surface area contributed by atoms with Gasteiger partial charge < -0.3 is 14.8 Å². The maximum Gasteiger partial charge on any atom is 0.123 e. The van der Waals surface area contributed by atoms with Gasteiger partial charge in [-0.15, -0.1) is 0 Å². The minimum absolute atomic E-state index is 0.207. The number of hydrogen-bond donors (Lipinski definition) is 1. The molecule has 1 unspecified atom stereocenters. The fraction of sp³-hybridized carbons (Fsp3) is 0.333. The van der Waals surface area contributed by atoms with Gasteiger partial charge in [0.1, 0.15) is 11.5 Å². The first kappa shape index (κ1) is 15.4. The van der Waals surface area contributed by atoms with E-state index in [0.717, 1.165) is 30.0 Å². The molecule has 1 N–H and O–H groups in total. The summed E-state index contributed by atoms with van der Waals surface area (Å²) in [4.78, 5) is 0. The highest BCUT2D eigenvalue weighted by molar-refractivity contribution is 5.42. The van der Waals surface area contributed by atoms with Crippen molar-refractivity contribution in [3.8, 4) is 11.5 Å². The van der Waals surface area contributed by atoms with Gasteiger partial charge >= 0.3 is 0 Å². The fourth-order valence-corrected chi connectivity index (χ4v) is 2.37. The third kappa shape index (κ3) is 4.23. The second-order valence-electron chi connectivity index (χ2n) is 5.02. The van der Waals surface area contributed by atoms with Gasteiger partial charge in [-0.05, 0) is 43.7 Å². The highest BCUT2D eigenvalue weighted by Gasteiger charge is 2.12. The Balaban J connectivity index is 1.97. The molecule has 0 bridgehead atoms. The largest absolute Gasteiger partial charge is 0.497 e. The zero-order valence-electron chi connectivity index (χ0n) is 12.9. The third-order valence-corrected chi connectivity index (χ3v) is 3.61. The van der Waals surface area contributed by atoms with Crippen molar-refractivity contribution in [2.45, 2.75) is 19.4 Å². The average molecular weight is 285 g/mol. The second kappa shape index (κ2) is 7.70. The summed E-state index contributed by atoms with van der Waals surface area (Å²) in [5, 5.41) is 3.54. The van der Waals surface area contributed by atoms with E-state index in [0.29, 0.717) is 0 Å². The molecule has 2 aromatic rings. The maximum absolute atomic E-state index is 5.44. The monoisotopic (exact) mass is 285 g/mol. The molecule has 0 spiro atoms. The molecule has 0 aliphatic heterocycles. The van der Waals surface area contributed by atoms with Crippen molar-refractivity contribution in [3.63, 3.8) is 0 Å². The molecule has 0 aliphatic carbocycles. The van der Waals surface area contributed by atoms with Gasteiger partial charge in [-0.1, -0.05) is 30.3 Å². The van der Waals surface area contributed by atoms with Crippen molar-refractivity contribution in [2.75, 3.05) is 20.8 Å². The van der Waals surface area contributed by atoms with Gasteiger partial charge in [0.15, 0.2) is 0 Å². The molecule has 3 heteroatoms. The van der Waals surface area contributed by atoms with E-state index in [2.05, 4.69) is 36.5 Å². The van der Waals surface area contributed by atoms with Crippen LogP contribution >= 0.6 is 0 Å². The highest BCUT2D eigenvalue weighted by Crippen LogP contribution is 2.29. The molecule has 1 atom stereocenters. The molecule has 2 rings (SSSR count). The maximum atomic E-state index is 5.44. The van der Waals surface area contributed by atoms with E-state index in [-0.39, 0.29) is 6.04 Å². The second-order valence-corrected chi connectivity index (χ2v) is 5.02. The van der Waals surface area contributed by atoms with Gasteiger partial charge in [0.25, 0.3) is 0 Å². The quantitative estimate of drug-likeness (QED) is 0.843. The van der Waals surface area contributed by atoms with E-state index < -0.39 is 0 Å². The lowest BCUT2D eigenvalue weighted by Crippen LogP contribution is -2.21. The van der Waals surface area contributed by atoms with Crippen molar-refractivity contribution in [1.29, 1.82) is 0 Å². The van der Waals surface area contributed by atoms with Gasteiger partial charge in [-0.25, -0.2) is 0 Å². The van der Waals surface area contributed by atoms with Crippen molar-refractivity contribution in [1.82, 2.24) is 5.32 Å². The Labute approximate surface area is 126 Å². The van der Waals surface area contributed by atoms with Crippen molar-refractivity contribution in [3.05, 3.63) is 59.7 Å². The van der Waals surface area contributed by atoms with E-state index in [1.807, 2.05) is 24.3 Å². The smallest absolute Gasteiger partial charge is 0.123 e. The summed E-state index contributed by atoms with van der Waals surface area (Å²) in [5.41, 5.74) is 2.46. The molecule has 0 radical (unpaired) electrons. The first-order chi connectivity index (χ1) is 10.2. The summed E-state index contributed by atoms with van der Waals surface area (Å²) in [6.07, 6.45) is 1.01. The van der Waals surface area contributed by atoms with Gasteiger partial charge in [-0.3, -0.25) is 0 Å². The van der Waals surface area contributed by atoms with Crippen molar-refractivity contribution in [2.24, 2.45) is 0 Å². The van der Waals surface area contributed by atoms with Crippen LogP contribution in [0.15, 0.2) is 48.5 Å². The normalized spacial score (nSPS) is 12.0. The molecule has 0 saturated heterocycles. The SMILES string of the molecule is COc1ccc(OC)c(C(C)NCCc2ccccc2)c1. The zero-order valence-corrected chi connectivity index (χ0v) is 12.9. The van der Waals surface area contributed by atoms with Crippen LogP contribution in [0, 0.1) is 0 Å². The van der Waals surface area contributed by atoms with Crippen LogP contribution in [0.25, 0.3) is 0 Å². The molecular weight excluding hydrogens is 262 g/mol. The molecular formula is C18H23NO2. The van der Waals surface area contributed by atoms with E-state index in [9.17, 15) is 0 Å². The first-order valence-corrected chi connectivity index (χ1v) is 7.24. The topological polar surface area (TPSA) is 30.5 Å². The molecule has 0 saturated carbocycles. The Kier molecular flexibility index (Phi) is 5.64. The summed E-state index contributed by atoms with van der Waals surface area (Å²) >= 11 is 0. The molecule has 0 heterocycles. The number of methoxy groups -OCH3 is 2. The van der Waals surface area contributed by atoms with Crippen LogP contribution in [-0.2, 0) is 6.42 Å². The Hall–Kier alpha value is -2.00. The molecule has 0 aliphatic rings. The standard InChI is InChI=1S/C18H23NO2/c1-14(19-12-11-15-7-5-4-6-8-15)17-13-16(20-2)9-10-18(17)21-3/h4-10,13-14,19H,11-12H2,1-3H3. The summed E-state index contributed by atoms with van der Waals surface area (Å²) in [5.74, 6) is 1.73. The van der Waals surface area contributed by atoms with E-state index >= 15 is 0 Å². The minimum atomic E-state index is 0.207. The Morgan fingerprint density at radius 1 is 1.00 bits per heavy atom. The first-order valence-electron chi connectivity index (χ1n) is 7.24. The Morgan fingerprint density at radius 3 is 2.43 bits per heavy atom. The van der Waals surface area contributed by atoms with Crippen molar-refractivity contribution >= 4 is 0 Å². The predicted molar refractivity (Wildman–Crippen MR) is 86.1 cm³/mol. The summed E-state index contributed by atoms with van der Waals surface area (Å²) in [6.45, 7) is 3.06. The summed E-state index contributed by atoms with van der Waals surface area (Å²) in [6, 6.07) is 16.6. The number of hydrogen-bond acceptors (Lipinski definition) is 3. The Morgan fingerprint density at radius 2 is 1.76 bits per heavy atom. The van der Waals surface area contributed by atoms with Gasteiger partial charge in [0.2, 0.25) is 0 Å². The number of benzene rings is 2. The lowest BCUT2D eigenvalue weighted by molar-refractivity contribution is 0.392. The van der Waals surface area contributed by atoms with E-state index in [1.165, 1.54) is 5.56 Å². The molecule has 0 amide bonds. The fourth-order valence-electron chi connectivity index (χ4n) is 2.37. The number of nitrogens with one attached hydrogen (secondary N) is 1. The lowest BCUT2D eigenvalue weighted by atomic mass is 10.1. The zero-order chi connectivity index (χ0) is 15.1. The van der Waals surface area contributed by atoms with Crippen LogP contribution in [0.2, 0.25) is 0 Å². The van der Waals surface area contributed by atoms with Gasteiger partial charge in [0, 0.05) is 11.6 Å². The molecule has 0 fully saturated rings. The molecule has 2 aromatic carbocycles. The van der Waals surface area contributed by atoms with Gasteiger partial charge in [-0.2, -0.15) is 0 Å². The van der Waals surface area contributed by atoms with Crippen LogP contribution in [0.1, 0.15) is 24.1 Å². The van der Waals surface area contributed by atoms with Crippen LogP contribution < -0.4 is 14.8 Å². The lowest BCUT2D eigenvalue weighted by Gasteiger charge is -2.18. The third-order valence-electron chi connectivity index (χ3n) is 3.61. The van der Waals surface area contributed by atoms with Crippen LogP contribution in [0.3, 0.4) is 0 Å².